The lowest BCUT2D eigenvalue weighted by molar-refractivity contribution is -0.384. The number of anilines is 1. The van der Waals surface area contributed by atoms with Gasteiger partial charge in [0.1, 0.15) is 11.5 Å². The predicted molar refractivity (Wildman–Crippen MR) is 67.5 cm³/mol. The third kappa shape index (κ3) is 3.54. The van der Waals surface area contributed by atoms with Gasteiger partial charge in [-0.2, -0.15) is 0 Å². The topological polar surface area (TPSA) is 75.4 Å². The van der Waals surface area contributed by atoms with Crippen LogP contribution in [0.15, 0.2) is 12.1 Å². The van der Waals surface area contributed by atoms with Crippen LogP contribution in [0.1, 0.15) is 19.8 Å². The van der Waals surface area contributed by atoms with Crippen LogP contribution in [-0.2, 0) is 0 Å². The van der Waals surface area contributed by atoms with Gasteiger partial charge in [0.15, 0.2) is 0 Å². The molecule has 0 radical (unpaired) electrons. The van der Waals surface area contributed by atoms with E-state index in [0.29, 0.717) is 12.8 Å². The average Bonchev–Trinajstić information content (AvgIpc) is 2.32. The van der Waals surface area contributed by atoms with Crippen LogP contribution in [0.3, 0.4) is 0 Å². The molecule has 1 aromatic carbocycles. The van der Waals surface area contributed by atoms with Crippen molar-refractivity contribution in [3.8, 4) is 0 Å². The fourth-order valence-corrected chi connectivity index (χ4v) is 1.72. The molecule has 5 nitrogen and oxygen atoms in total. The van der Waals surface area contributed by atoms with Crippen molar-refractivity contribution in [3.63, 3.8) is 0 Å². The van der Waals surface area contributed by atoms with E-state index in [4.69, 9.17) is 16.7 Å². The Labute approximate surface area is 109 Å². The summed E-state index contributed by atoms with van der Waals surface area (Å²) in [6.07, 6.45) is 1.08. The molecule has 0 aliphatic carbocycles. The summed E-state index contributed by atoms with van der Waals surface area (Å²) in [6.45, 7) is 1.82. The van der Waals surface area contributed by atoms with Gasteiger partial charge in [-0.25, -0.2) is 4.39 Å². The number of aliphatic hydroxyl groups is 1. The van der Waals surface area contributed by atoms with Crippen LogP contribution in [0.2, 0.25) is 5.02 Å². The highest BCUT2D eigenvalue weighted by atomic mass is 35.5. The molecule has 0 saturated heterocycles. The highest BCUT2D eigenvalue weighted by Crippen LogP contribution is 2.31. The molecule has 0 aromatic heterocycles. The van der Waals surface area contributed by atoms with E-state index < -0.39 is 10.7 Å². The van der Waals surface area contributed by atoms with Gasteiger partial charge in [-0.15, -0.1) is 0 Å². The molecule has 18 heavy (non-hydrogen) atoms. The summed E-state index contributed by atoms with van der Waals surface area (Å²) in [5.41, 5.74) is -0.208. The summed E-state index contributed by atoms with van der Waals surface area (Å²) in [5.74, 6) is -0.719. The first-order valence-electron chi connectivity index (χ1n) is 5.50. The molecule has 2 N–H and O–H groups in total. The summed E-state index contributed by atoms with van der Waals surface area (Å²) in [6, 6.07) is 1.82. The Morgan fingerprint density at radius 3 is 2.78 bits per heavy atom. The zero-order valence-electron chi connectivity index (χ0n) is 9.82. The molecule has 0 saturated carbocycles. The molecular weight excluding hydrogens is 263 g/mol. The zero-order valence-corrected chi connectivity index (χ0v) is 10.6. The van der Waals surface area contributed by atoms with E-state index in [9.17, 15) is 14.5 Å². The standard InChI is InChI=1S/C11H14ClFN2O3/c1-2-7(3-4-16)14-10-6-9(13)8(12)5-11(10)15(17)18/h5-7,14,16H,2-4H2,1H3. The largest absolute Gasteiger partial charge is 0.396 e. The van der Waals surface area contributed by atoms with Crippen molar-refractivity contribution in [2.45, 2.75) is 25.8 Å². The van der Waals surface area contributed by atoms with E-state index in [2.05, 4.69) is 5.32 Å². The number of nitrogens with zero attached hydrogens (tertiary/aromatic N) is 1. The van der Waals surface area contributed by atoms with Crippen molar-refractivity contribution in [3.05, 3.63) is 33.1 Å². The molecule has 7 heteroatoms. The highest BCUT2D eigenvalue weighted by molar-refractivity contribution is 6.31. The lowest BCUT2D eigenvalue weighted by Crippen LogP contribution is -2.20. The Kier molecular flexibility index (Phi) is 5.30. The fraction of sp³-hybridized carbons (Fsp3) is 0.455. The molecule has 0 bridgehead atoms. The highest BCUT2D eigenvalue weighted by Gasteiger charge is 2.19. The molecule has 0 aliphatic heterocycles. The van der Waals surface area contributed by atoms with Gasteiger partial charge >= 0.3 is 0 Å². The second-order valence-electron chi connectivity index (χ2n) is 3.80. The van der Waals surface area contributed by atoms with Crippen LogP contribution < -0.4 is 5.32 Å². The van der Waals surface area contributed by atoms with Gasteiger partial charge in [-0.3, -0.25) is 10.1 Å². The summed E-state index contributed by atoms with van der Waals surface area (Å²) in [7, 11) is 0. The predicted octanol–water partition coefficient (Wildman–Crippen LogP) is 2.96. The Morgan fingerprint density at radius 2 is 2.28 bits per heavy atom. The summed E-state index contributed by atoms with van der Waals surface area (Å²) < 4.78 is 13.3. The van der Waals surface area contributed by atoms with Crippen LogP contribution in [0.5, 0.6) is 0 Å². The third-order valence-electron chi connectivity index (χ3n) is 2.57. The maximum absolute atomic E-state index is 13.3. The molecular formula is C11H14ClFN2O3. The smallest absolute Gasteiger partial charge is 0.294 e. The second-order valence-corrected chi connectivity index (χ2v) is 4.21. The lowest BCUT2D eigenvalue weighted by Gasteiger charge is -2.17. The van der Waals surface area contributed by atoms with E-state index in [-0.39, 0.29) is 29.0 Å². The van der Waals surface area contributed by atoms with Gasteiger partial charge < -0.3 is 10.4 Å². The Hall–Kier alpha value is -1.40. The number of benzene rings is 1. The molecule has 0 heterocycles. The minimum Gasteiger partial charge on any atom is -0.396 e. The number of rotatable bonds is 6. The fourth-order valence-electron chi connectivity index (χ4n) is 1.56. The van der Waals surface area contributed by atoms with Crippen molar-refractivity contribution in [1.29, 1.82) is 0 Å². The zero-order chi connectivity index (χ0) is 13.7. The molecule has 100 valence electrons. The minimum absolute atomic E-state index is 0.0463. The summed E-state index contributed by atoms with van der Waals surface area (Å²) >= 11 is 5.51. The quantitative estimate of drug-likeness (QED) is 0.619. The Balaban J connectivity index is 3.06. The van der Waals surface area contributed by atoms with Crippen LogP contribution in [0, 0.1) is 15.9 Å². The summed E-state index contributed by atoms with van der Waals surface area (Å²) in [4.78, 5) is 10.2. The van der Waals surface area contributed by atoms with Crippen LogP contribution >= 0.6 is 11.6 Å². The number of hydrogen-bond donors (Lipinski definition) is 2. The van der Waals surface area contributed by atoms with E-state index in [1.54, 1.807) is 0 Å². The maximum Gasteiger partial charge on any atom is 0.294 e. The van der Waals surface area contributed by atoms with Gasteiger partial charge in [0, 0.05) is 24.8 Å². The van der Waals surface area contributed by atoms with Crippen molar-refractivity contribution in [1.82, 2.24) is 0 Å². The molecule has 1 aromatic rings. The van der Waals surface area contributed by atoms with Crippen LogP contribution in [-0.4, -0.2) is 22.7 Å². The van der Waals surface area contributed by atoms with Gasteiger partial charge in [0.05, 0.1) is 9.95 Å². The molecule has 1 atom stereocenters. The molecule has 1 unspecified atom stereocenters. The maximum atomic E-state index is 13.3. The molecule has 1 rings (SSSR count). The van der Waals surface area contributed by atoms with Gasteiger partial charge in [-0.05, 0) is 12.8 Å². The first kappa shape index (κ1) is 14.7. The first-order valence-corrected chi connectivity index (χ1v) is 5.88. The monoisotopic (exact) mass is 276 g/mol. The van der Waals surface area contributed by atoms with Gasteiger partial charge in [0.2, 0.25) is 0 Å². The van der Waals surface area contributed by atoms with Crippen LogP contribution in [0.25, 0.3) is 0 Å². The van der Waals surface area contributed by atoms with Gasteiger partial charge in [0.25, 0.3) is 5.69 Å². The van der Waals surface area contributed by atoms with E-state index >= 15 is 0 Å². The number of nitro groups is 1. The molecule has 0 aliphatic rings. The molecule has 0 amide bonds. The van der Waals surface area contributed by atoms with E-state index in [0.717, 1.165) is 12.1 Å². The Morgan fingerprint density at radius 1 is 1.61 bits per heavy atom. The van der Waals surface area contributed by atoms with Crippen molar-refractivity contribution in [2.24, 2.45) is 0 Å². The normalized spacial score (nSPS) is 12.2. The van der Waals surface area contributed by atoms with E-state index in [1.165, 1.54) is 0 Å². The molecule has 0 fully saturated rings. The average molecular weight is 277 g/mol. The van der Waals surface area contributed by atoms with Crippen molar-refractivity contribution >= 4 is 23.0 Å². The number of hydrogen-bond acceptors (Lipinski definition) is 4. The van der Waals surface area contributed by atoms with Crippen molar-refractivity contribution < 1.29 is 14.4 Å². The van der Waals surface area contributed by atoms with Crippen molar-refractivity contribution in [2.75, 3.05) is 11.9 Å². The number of nitrogens with one attached hydrogen (secondary N) is 1. The van der Waals surface area contributed by atoms with Crippen LogP contribution in [0.4, 0.5) is 15.8 Å². The number of halogens is 2. The van der Waals surface area contributed by atoms with E-state index in [1.807, 2.05) is 6.92 Å². The number of nitro benzene ring substituents is 1. The first-order chi connectivity index (χ1) is 8.49. The minimum atomic E-state index is -0.719. The molecule has 0 spiro atoms. The lowest BCUT2D eigenvalue weighted by atomic mass is 10.1. The Bertz CT molecular complexity index is 443. The second kappa shape index (κ2) is 6.51. The van der Waals surface area contributed by atoms with Gasteiger partial charge in [-0.1, -0.05) is 18.5 Å². The SMILES string of the molecule is CCC(CCO)Nc1cc(F)c(Cl)cc1[N+](=O)[O-]. The number of aliphatic hydroxyl groups excluding tert-OH is 1. The summed E-state index contributed by atoms with van der Waals surface area (Å²) in [5, 5.41) is 22.3. The third-order valence-corrected chi connectivity index (χ3v) is 2.85.